The molecule has 0 bridgehead atoms. The fraction of sp³-hybridized carbons (Fsp3) is 1.00. The molecule has 1 saturated carbocycles. The van der Waals surface area contributed by atoms with Crippen LogP contribution in [0.15, 0.2) is 0 Å². The van der Waals surface area contributed by atoms with Crippen molar-refractivity contribution in [2.75, 3.05) is 26.4 Å². The third kappa shape index (κ3) is 2.70. The molecule has 2 aliphatic heterocycles. The Morgan fingerprint density at radius 2 is 2.00 bits per heavy atom. The summed E-state index contributed by atoms with van der Waals surface area (Å²) in [5.41, 5.74) is 6.14. The van der Waals surface area contributed by atoms with Crippen LogP contribution in [0.3, 0.4) is 0 Å². The lowest BCUT2D eigenvalue weighted by molar-refractivity contribution is -0.207. The van der Waals surface area contributed by atoms with Crippen LogP contribution in [-0.2, 0) is 18.9 Å². The molecule has 2 N–H and O–H groups in total. The molecule has 18 heavy (non-hydrogen) atoms. The van der Waals surface area contributed by atoms with E-state index in [2.05, 4.69) is 0 Å². The Morgan fingerprint density at radius 3 is 2.72 bits per heavy atom. The van der Waals surface area contributed by atoms with Gasteiger partial charge in [-0.3, -0.25) is 0 Å². The molecule has 104 valence electrons. The van der Waals surface area contributed by atoms with Crippen LogP contribution >= 0.6 is 0 Å². The minimum Gasteiger partial charge on any atom is -0.376 e. The molecule has 0 amide bonds. The van der Waals surface area contributed by atoms with E-state index in [9.17, 15) is 0 Å². The minimum absolute atomic E-state index is 0.0287. The lowest BCUT2D eigenvalue weighted by Gasteiger charge is -2.39. The fourth-order valence-corrected chi connectivity index (χ4v) is 3.08. The molecule has 2 heterocycles. The third-order valence-corrected chi connectivity index (χ3v) is 4.18. The van der Waals surface area contributed by atoms with E-state index in [4.69, 9.17) is 24.7 Å². The number of ether oxygens (including phenoxy) is 4. The molecular weight excluding hydrogens is 234 g/mol. The maximum absolute atomic E-state index is 6.14. The average molecular weight is 257 g/mol. The van der Waals surface area contributed by atoms with E-state index in [0.29, 0.717) is 19.8 Å². The summed E-state index contributed by atoms with van der Waals surface area (Å²) in [6.07, 6.45) is 5.05. The van der Waals surface area contributed by atoms with Crippen LogP contribution < -0.4 is 5.73 Å². The first kappa shape index (κ1) is 12.8. The van der Waals surface area contributed by atoms with Gasteiger partial charge in [0.2, 0.25) is 0 Å². The second-order valence-corrected chi connectivity index (χ2v) is 5.52. The van der Waals surface area contributed by atoms with Crippen molar-refractivity contribution in [2.24, 2.45) is 5.73 Å². The van der Waals surface area contributed by atoms with Gasteiger partial charge in [-0.25, -0.2) is 0 Å². The monoisotopic (exact) mass is 257 g/mol. The second-order valence-electron chi connectivity index (χ2n) is 5.52. The quantitative estimate of drug-likeness (QED) is 0.810. The van der Waals surface area contributed by atoms with E-state index in [1.807, 2.05) is 0 Å². The molecule has 0 aromatic rings. The summed E-state index contributed by atoms with van der Waals surface area (Å²) < 4.78 is 23.0. The van der Waals surface area contributed by atoms with Crippen LogP contribution in [0.5, 0.6) is 0 Å². The predicted octanol–water partition coefficient (Wildman–Crippen LogP) is 0.805. The maximum Gasteiger partial charge on any atom is 0.171 e. The SMILES string of the molecule is NC1CCC2(CC1OCC1CCCO1)OCCO2. The van der Waals surface area contributed by atoms with Crippen molar-refractivity contribution in [2.45, 2.75) is 56.1 Å². The summed E-state index contributed by atoms with van der Waals surface area (Å²) in [7, 11) is 0. The van der Waals surface area contributed by atoms with Crippen molar-refractivity contribution < 1.29 is 18.9 Å². The third-order valence-electron chi connectivity index (χ3n) is 4.18. The number of hydrogen-bond acceptors (Lipinski definition) is 5. The molecule has 3 fully saturated rings. The normalized spacial score (nSPS) is 39.5. The van der Waals surface area contributed by atoms with Crippen LogP contribution in [0.4, 0.5) is 0 Å². The van der Waals surface area contributed by atoms with Gasteiger partial charge < -0.3 is 24.7 Å². The van der Waals surface area contributed by atoms with Crippen LogP contribution in [-0.4, -0.2) is 50.5 Å². The van der Waals surface area contributed by atoms with Gasteiger partial charge in [0.15, 0.2) is 5.79 Å². The highest BCUT2D eigenvalue weighted by Crippen LogP contribution is 2.36. The van der Waals surface area contributed by atoms with Crippen LogP contribution in [0.25, 0.3) is 0 Å². The van der Waals surface area contributed by atoms with E-state index in [0.717, 1.165) is 38.7 Å². The Balaban J connectivity index is 1.52. The summed E-state index contributed by atoms with van der Waals surface area (Å²) in [5, 5.41) is 0. The smallest absolute Gasteiger partial charge is 0.171 e. The van der Waals surface area contributed by atoms with E-state index in [-0.39, 0.29) is 18.2 Å². The summed E-state index contributed by atoms with van der Waals surface area (Å²) in [5.74, 6) is -0.420. The molecule has 3 atom stereocenters. The lowest BCUT2D eigenvalue weighted by atomic mass is 9.88. The van der Waals surface area contributed by atoms with Gasteiger partial charge in [-0.15, -0.1) is 0 Å². The van der Waals surface area contributed by atoms with Crippen molar-refractivity contribution in [3.63, 3.8) is 0 Å². The maximum atomic E-state index is 6.14. The van der Waals surface area contributed by atoms with Gasteiger partial charge >= 0.3 is 0 Å². The molecule has 0 radical (unpaired) electrons. The zero-order valence-electron chi connectivity index (χ0n) is 10.8. The van der Waals surface area contributed by atoms with Crippen LogP contribution in [0, 0.1) is 0 Å². The zero-order chi connectivity index (χ0) is 12.4. The first-order valence-electron chi connectivity index (χ1n) is 7.04. The second kappa shape index (κ2) is 5.43. The summed E-state index contributed by atoms with van der Waals surface area (Å²) >= 11 is 0. The Morgan fingerprint density at radius 1 is 1.17 bits per heavy atom. The highest BCUT2D eigenvalue weighted by atomic mass is 16.7. The topological polar surface area (TPSA) is 62.9 Å². The summed E-state index contributed by atoms with van der Waals surface area (Å²) in [6, 6.07) is 0.0878. The highest BCUT2D eigenvalue weighted by molar-refractivity contribution is 4.91. The molecule has 5 heteroatoms. The van der Waals surface area contributed by atoms with E-state index < -0.39 is 5.79 Å². The van der Waals surface area contributed by atoms with Gasteiger partial charge in [-0.2, -0.15) is 0 Å². The standard InChI is InChI=1S/C13H23NO4/c14-11-3-4-13(17-6-7-18-13)8-12(11)16-9-10-2-1-5-15-10/h10-12H,1-9,14H2. The molecule has 2 saturated heterocycles. The average Bonchev–Trinajstić information content (AvgIpc) is 3.03. The van der Waals surface area contributed by atoms with Crippen molar-refractivity contribution in [3.8, 4) is 0 Å². The van der Waals surface area contributed by atoms with Crippen molar-refractivity contribution >= 4 is 0 Å². The van der Waals surface area contributed by atoms with E-state index in [1.54, 1.807) is 0 Å². The summed E-state index contributed by atoms with van der Waals surface area (Å²) in [4.78, 5) is 0. The molecule has 3 unspecified atom stereocenters. The van der Waals surface area contributed by atoms with E-state index in [1.165, 1.54) is 0 Å². The molecule has 1 spiro atoms. The Bertz CT molecular complexity index is 274. The Kier molecular flexibility index (Phi) is 3.86. The van der Waals surface area contributed by atoms with Crippen molar-refractivity contribution in [1.29, 1.82) is 0 Å². The predicted molar refractivity (Wildman–Crippen MR) is 65.2 cm³/mol. The van der Waals surface area contributed by atoms with Crippen molar-refractivity contribution in [1.82, 2.24) is 0 Å². The molecule has 3 rings (SSSR count). The van der Waals surface area contributed by atoms with Gasteiger partial charge in [-0.05, 0) is 19.3 Å². The van der Waals surface area contributed by atoms with Crippen LogP contribution in [0.2, 0.25) is 0 Å². The molecular formula is C13H23NO4. The molecule has 5 nitrogen and oxygen atoms in total. The molecule has 1 aliphatic carbocycles. The van der Waals surface area contributed by atoms with Gasteiger partial charge in [-0.1, -0.05) is 0 Å². The Hall–Kier alpha value is -0.200. The van der Waals surface area contributed by atoms with Crippen molar-refractivity contribution in [3.05, 3.63) is 0 Å². The van der Waals surface area contributed by atoms with Crippen LogP contribution in [0.1, 0.15) is 32.1 Å². The molecule has 3 aliphatic rings. The number of hydrogen-bond donors (Lipinski definition) is 1. The lowest BCUT2D eigenvalue weighted by Crippen LogP contribution is -2.50. The fourth-order valence-electron chi connectivity index (χ4n) is 3.08. The van der Waals surface area contributed by atoms with Gasteiger partial charge in [0.25, 0.3) is 0 Å². The first-order valence-corrected chi connectivity index (χ1v) is 7.04. The highest BCUT2D eigenvalue weighted by Gasteiger charge is 2.44. The van der Waals surface area contributed by atoms with E-state index >= 15 is 0 Å². The largest absolute Gasteiger partial charge is 0.376 e. The van der Waals surface area contributed by atoms with Gasteiger partial charge in [0.1, 0.15) is 0 Å². The van der Waals surface area contributed by atoms with Gasteiger partial charge in [0, 0.05) is 25.5 Å². The first-order chi connectivity index (χ1) is 8.77. The zero-order valence-corrected chi connectivity index (χ0v) is 10.8. The summed E-state index contributed by atoms with van der Waals surface area (Å²) in [6.45, 7) is 2.89. The molecule has 0 aromatic carbocycles. The van der Waals surface area contributed by atoms with Gasteiger partial charge in [0.05, 0.1) is 32.0 Å². The number of rotatable bonds is 3. The number of nitrogens with two attached hydrogens (primary N) is 1. The molecule has 0 aromatic heterocycles. The Labute approximate surface area is 108 Å². The minimum atomic E-state index is -0.420.